The third-order valence-electron chi connectivity index (χ3n) is 5.83. The summed E-state index contributed by atoms with van der Waals surface area (Å²) in [6.07, 6.45) is 0.908. The van der Waals surface area contributed by atoms with Crippen molar-refractivity contribution in [2.24, 2.45) is 0 Å². The highest BCUT2D eigenvalue weighted by atomic mass is 32.2. The van der Waals surface area contributed by atoms with E-state index in [1.54, 1.807) is 0 Å². The van der Waals surface area contributed by atoms with Crippen molar-refractivity contribution in [1.82, 2.24) is 14.8 Å². The Morgan fingerprint density at radius 3 is 2.53 bits per heavy atom. The van der Waals surface area contributed by atoms with Crippen LogP contribution in [0.1, 0.15) is 23.6 Å². The molecule has 32 heavy (non-hydrogen) atoms. The van der Waals surface area contributed by atoms with Crippen LogP contribution in [0, 0.1) is 6.92 Å². The van der Waals surface area contributed by atoms with Crippen LogP contribution in [0.5, 0.6) is 0 Å². The number of rotatable bonds is 6. The number of hydrogen-bond acceptors (Lipinski definition) is 4. The highest BCUT2D eigenvalue weighted by Crippen LogP contribution is 2.37. The first kappa shape index (κ1) is 20.5. The van der Waals surface area contributed by atoms with Crippen molar-refractivity contribution in [3.05, 3.63) is 83.4 Å². The molecule has 1 N–H and O–H groups in total. The van der Waals surface area contributed by atoms with Gasteiger partial charge >= 0.3 is 0 Å². The van der Waals surface area contributed by atoms with Gasteiger partial charge in [-0.25, -0.2) is 0 Å². The number of carbonyl (C=O) groups excluding carboxylic acids is 1. The van der Waals surface area contributed by atoms with E-state index in [1.165, 1.54) is 34.0 Å². The first-order chi connectivity index (χ1) is 15.6. The van der Waals surface area contributed by atoms with Crippen LogP contribution in [0.4, 0.5) is 5.69 Å². The highest BCUT2D eigenvalue weighted by molar-refractivity contribution is 7.99. The molecule has 1 aliphatic carbocycles. The second-order valence-corrected chi connectivity index (χ2v) is 8.85. The van der Waals surface area contributed by atoms with E-state index in [9.17, 15) is 4.79 Å². The van der Waals surface area contributed by atoms with Crippen molar-refractivity contribution in [3.8, 4) is 22.5 Å². The fraction of sp³-hybridized carbons (Fsp3) is 0.192. The Balaban J connectivity index is 1.26. The number of carbonyl (C=O) groups is 1. The largest absolute Gasteiger partial charge is 0.325 e. The number of amides is 1. The molecule has 1 amide bonds. The van der Waals surface area contributed by atoms with Crippen molar-refractivity contribution in [2.75, 3.05) is 11.1 Å². The maximum absolute atomic E-state index is 12.6. The number of anilines is 1. The van der Waals surface area contributed by atoms with Gasteiger partial charge in [0.05, 0.1) is 5.75 Å². The second kappa shape index (κ2) is 8.63. The van der Waals surface area contributed by atoms with E-state index < -0.39 is 0 Å². The number of benzene rings is 3. The summed E-state index contributed by atoms with van der Waals surface area (Å²) < 4.78 is 2.06. The molecule has 0 spiro atoms. The minimum Gasteiger partial charge on any atom is -0.325 e. The monoisotopic (exact) mass is 440 g/mol. The van der Waals surface area contributed by atoms with E-state index >= 15 is 0 Å². The lowest BCUT2D eigenvalue weighted by molar-refractivity contribution is -0.113. The predicted octanol–water partition coefficient (Wildman–Crippen LogP) is 5.58. The van der Waals surface area contributed by atoms with E-state index in [4.69, 9.17) is 0 Å². The van der Waals surface area contributed by atoms with Crippen molar-refractivity contribution in [3.63, 3.8) is 0 Å². The summed E-state index contributed by atoms with van der Waals surface area (Å²) in [7, 11) is 0. The summed E-state index contributed by atoms with van der Waals surface area (Å²) in [4.78, 5) is 12.6. The molecule has 1 heterocycles. The molecule has 3 aromatic carbocycles. The maximum Gasteiger partial charge on any atom is 0.234 e. The Kier molecular flexibility index (Phi) is 5.53. The van der Waals surface area contributed by atoms with Crippen LogP contribution in [0.15, 0.2) is 71.9 Å². The predicted molar refractivity (Wildman–Crippen MR) is 130 cm³/mol. The molecule has 0 radical (unpaired) electrons. The fourth-order valence-electron chi connectivity index (χ4n) is 4.25. The van der Waals surface area contributed by atoms with Gasteiger partial charge in [-0.05, 0) is 60.2 Å². The van der Waals surface area contributed by atoms with Gasteiger partial charge in [0.25, 0.3) is 0 Å². The fourth-order valence-corrected chi connectivity index (χ4v) is 5.06. The van der Waals surface area contributed by atoms with Gasteiger partial charge in [-0.1, -0.05) is 66.4 Å². The minimum absolute atomic E-state index is 0.0476. The number of thioether (sulfide) groups is 1. The molecule has 0 fully saturated rings. The zero-order valence-electron chi connectivity index (χ0n) is 18.1. The Bertz CT molecular complexity index is 1310. The molecule has 5 rings (SSSR count). The van der Waals surface area contributed by atoms with Gasteiger partial charge in [-0.2, -0.15) is 0 Å². The van der Waals surface area contributed by atoms with Crippen LogP contribution in [0.3, 0.4) is 0 Å². The van der Waals surface area contributed by atoms with Crippen LogP contribution in [0.2, 0.25) is 0 Å². The second-order valence-electron chi connectivity index (χ2n) is 7.91. The Labute approximate surface area is 191 Å². The van der Waals surface area contributed by atoms with E-state index in [2.05, 4.69) is 82.5 Å². The van der Waals surface area contributed by atoms with Crippen LogP contribution in [-0.4, -0.2) is 26.4 Å². The first-order valence-electron chi connectivity index (χ1n) is 10.8. The Hall–Kier alpha value is -3.38. The summed E-state index contributed by atoms with van der Waals surface area (Å²) in [6.45, 7) is 4.88. The zero-order chi connectivity index (χ0) is 22.1. The molecule has 0 aliphatic heterocycles. The average Bonchev–Trinajstić information content (AvgIpc) is 3.38. The van der Waals surface area contributed by atoms with Gasteiger partial charge in [-0.15, -0.1) is 10.2 Å². The topological polar surface area (TPSA) is 59.8 Å². The Morgan fingerprint density at radius 1 is 0.969 bits per heavy atom. The van der Waals surface area contributed by atoms with Crippen LogP contribution in [-0.2, 0) is 17.8 Å². The molecule has 0 atom stereocenters. The molecular formula is C26H24N4OS. The maximum atomic E-state index is 12.6. The number of aryl methyl sites for hydroxylation is 1. The molecule has 0 bridgehead atoms. The third-order valence-corrected chi connectivity index (χ3v) is 6.80. The van der Waals surface area contributed by atoms with Crippen molar-refractivity contribution in [2.45, 2.75) is 32.0 Å². The number of fused-ring (bicyclic) bond motifs is 3. The smallest absolute Gasteiger partial charge is 0.234 e. The van der Waals surface area contributed by atoms with Gasteiger partial charge < -0.3 is 9.88 Å². The quantitative estimate of drug-likeness (QED) is 0.350. The number of aromatic nitrogens is 3. The summed E-state index contributed by atoms with van der Waals surface area (Å²) in [6, 6.07) is 22.8. The third kappa shape index (κ3) is 3.82. The molecule has 0 unspecified atom stereocenters. The zero-order valence-corrected chi connectivity index (χ0v) is 18.9. The summed E-state index contributed by atoms with van der Waals surface area (Å²) in [5.41, 5.74) is 8.20. The lowest BCUT2D eigenvalue weighted by Gasteiger charge is -2.10. The van der Waals surface area contributed by atoms with Gasteiger partial charge in [0, 0.05) is 17.8 Å². The normalized spacial score (nSPS) is 11.8. The molecule has 1 aromatic heterocycles. The van der Waals surface area contributed by atoms with Crippen molar-refractivity contribution in [1.29, 1.82) is 0 Å². The summed E-state index contributed by atoms with van der Waals surface area (Å²) in [5.74, 6) is 1.07. The van der Waals surface area contributed by atoms with E-state index in [0.29, 0.717) is 0 Å². The van der Waals surface area contributed by atoms with E-state index in [-0.39, 0.29) is 11.7 Å². The van der Waals surface area contributed by atoms with Crippen molar-refractivity contribution >= 4 is 23.4 Å². The van der Waals surface area contributed by atoms with Gasteiger partial charge in [0.1, 0.15) is 0 Å². The number of nitrogens with one attached hydrogen (secondary N) is 1. The SMILES string of the molecule is CCn1c(SCC(=O)Nc2ccc3c(c2)Cc2ccccc2-3)nnc1-c1ccccc1C. The average molecular weight is 441 g/mol. The van der Waals surface area contributed by atoms with Crippen LogP contribution >= 0.6 is 11.8 Å². The number of nitrogens with zero attached hydrogens (tertiary/aromatic N) is 3. The molecule has 1 aliphatic rings. The first-order valence-corrected chi connectivity index (χ1v) is 11.8. The van der Waals surface area contributed by atoms with E-state index in [1.807, 2.05) is 18.2 Å². The van der Waals surface area contributed by atoms with Crippen molar-refractivity contribution < 1.29 is 4.79 Å². The van der Waals surface area contributed by atoms with Gasteiger partial charge in [-0.3, -0.25) is 4.79 Å². The molecule has 4 aromatic rings. The summed E-state index contributed by atoms with van der Waals surface area (Å²) in [5, 5.41) is 12.5. The number of hydrogen-bond donors (Lipinski definition) is 1. The molecule has 5 nitrogen and oxygen atoms in total. The lowest BCUT2D eigenvalue weighted by Crippen LogP contribution is -2.14. The molecular weight excluding hydrogens is 416 g/mol. The minimum atomic E-state index is -0.0476. The summed E-state index contributed by atoms with van der Waals surface area (Å²) >= 11 is 1.41. The molecule has 6 heteroatoms. The molecule has 0 saturated carbocycles. The molecule has 0 saturated heterocycles. The standard InChI is InChI=1S/C26H24N4OS/c1-3-30-25(21-10-6-4-8-17(21)2)28-29-26(30)32-16-24(31)27-20-12-13-23-19(15-20)14-18-9-5-7-11-22(18)23/h4-13,15H,3,14,16H2,1-2H3,(H,27,31). The van der Waals surface area contributed by atoms with E-state index in [0.717, 1.165) is 40.8 Å². The van der Waals surface area contributed by atoms with Crippen LogP contribution in [0.25, 0.3) is 22.5 Å². The van der Waals surface area contributed by atoms with Gasteiger partial charge in [0.15, 0.2) is 11.0 Å². The molecule has 160 valence electrons. The van der Waals surface area contributed by atoms with Crippen LogP contribution < -0.4 is 5.32 Å². The highest BCUT2D eigenvalue weighted by Gasteiger charge is 2.19. The lowest BCUT2D eigenvalue weighted by atomic mass is 10.1. The Morgan fingerprint density at radius 2 is 1.72 bits per heavy atom. The van der Waals surface area contributed by atoms with Gasteiger partial charge in [0.2, 0.25) is 5.91 Å².